The fourth-order valence-electron chi connectivity index (χ4n) is 2.21. The standard InChI is InChI=1S/C12H13N3O2/c16-11-5-6-15(7-12-13-8-17-14-12)10-4-2-1-3-9(10)11/h1-4,8,11,16H,5-7H2. The Hall–Kier alpha value is -1.88. The summed E-state index contributed by atoms with van der Waals surface area (Å²) in [5.74, 6) is 0.663. The number of aliphatic hydroxyl groups is 1. The van der Waals surface area contributed by atoms with Crippen molar-refractivity contribution >= 4 is 5.69 Å². The van der Waals surface area contributed by atoms with Gasteiger partial charge >= 0.3 is 0 Å². The highest BCUT2D eigenvalue weighted by molar-refractivity contribution is 5.56. The molecule has 1 aliphatic heterocycles. The number of fused-ring (bicyclic) bond motifs is 1. The van der Waals surface area contributed by atoms with Crippen LogP contribution in [0.5, 0.6) is 0 Å². The zero-order valence-electron chi connectivity index (χ0n) is 9.28. The molecular formula is C12H13N3O2. The second-order valence-electron chi connectivity index (χ2n) is 4.13. The number of para-hydroxylation sites is 1. The molecule has 1 aromatic carbocycles. The van der Waals surface area contributed by atoms with Crippen molar-refractivity contribution in [1.29, 1.82) is 0 Å². The number of hydrogen-bond donors (Lipinski definition) is 1. The molecule has 0 spiro atoms. The van der Waals surface area contributed by atoms with E-state index in [-0.39, 0.29) is 6.10 Å². The Morgan fingerprint density at radius 1 is 1.41 bits per heavy atom. The Morgan fingerprint density at radius 2 is 2.29 bits per heavy atom. The molecular weight excluding hydrogens is 218 g/mol. The first kappa shape index (κ1) is 10.3. The van der Waals surface area contributed by atoms with E-state index in [0.717, 1.165) is 24.2 Å². The summed E-state index contributed by atoms with van der Waals surface area (Å²) < 4.78 is 4.73. The molecule has 0 bridgehead atoms. The quantitative estimate of drug-likeness (QED) is 0.848. The van der Waals surface area contributed by atoms with Crippen LogP contribution in [-0.4, -0.2) is 21.8 Å². The van der Waals surface area contributed by atoms with Crippen LogP contribution < -0.4 is 4.90 Å². The topological polar surface area (TPSA) is 62.4 Å². The maximum Gasteiger partial charge on any atom is 0.213 e. The average molecular weight is 231 g/mol. The van der Waals surface area contributed by atoms with Crippen LogP contribution in [0.1, 0.15) is 23.9 Å². The molecule has 1 atom stereocenters. The largest absolute Gasteiger partial charge is 0.388 e. The monoisotopic (exact) mass is 231 g/mol. The first-order chi connectivity index (χ1) is 8.34. The van der Waals surface area contributed by atoms with Crippen molar-refractivity contribution < 1.29 is 9.63 Å². The summed E-state index contributed by atoms with van der Waals surface area (Å²) in [6.45, 7) is 1.41. The van der Waals surface area contributed by atoms with Crippen LogP contribution in [0, 0.1) is 0 Å². The lowest BCUT2D eigenvalue weighted by atomic mass is 9.99. The first-order valence-electron chi connectivity index (χ1n) is 5.62. The minimum absolute atomic E-state index is 0.368. The van der Waals surface area contributed by atoms with E-state index in [9.17, 15) is 5.11 Å². The molecule has 17 heavy (non-hydrogen) atoms. The summed E-state index contributed by atoms with van der Waals surface area (Å²) >= 11 is 0. The zero-order chi connectivity index (χ0) is 11.7. The Bertz CT molecular complexity index is 498. The number of rotatable bonds is 2. The van der Waals surface area contributed by atoms with Crippen molar-refractivity contribution in [2.45, 2.75) is 19.1 Å². The highest BCUT2D eigenvalue weighted by atomic mass is 16.5. The third-order valence-corrected chi connectivity index (χ3v) is 3.05. The summed E-state index contributed by atoms with van der Waals surface area (Å²) in [6, 6.07) is 7.89. The molecule has 0 saturated carbocycles. The summed E-state index contributed by atoms with van der Waals surface area (Å²) in [6.07, 6.45) is 1.70. The Morgan fingerprint density at radius 3 is 3.12 bits per heavy atom. The van der Waals surface area contributed by atoms with Gasteiger partial charge in [0.1, 0.15) is 0 Å². The molecule has 0 fully saturated rings. The lowest BCUT2D eigenvalue weighted by Crippen LogP contribution is -2.31. The normalized spacial score (nSPS) is 19.1. The number of aliphatic hydroxyl groups excluding tert-OH is 1. The van der Waals surface area contributed by atoms with E-state index in [1.807, 2.05) is 24.3 Å². The van der Waals surface area contributed by atoms with Crippen molar-refractivity contribution in [3.63, 3.8) is 0 Å². The minimum Gasteiger partial charge on any atom is -0.388 e. The molecule has 5 nitrogen and oxygen atoms in total. The van der Waals surface area contributed by atoms with Crippen LogP contribution in [-0.2, 0) is 6.54 Å². The summed E-state index contributed by atoms with van der Waals surface area (Å²) in [5, 5.41) is 13.7. The molecule has 1 unspecified atom stereocenters. The Kier molecular flexibility index (Phi) is 2.53. The SMILES string of the molecule is OC1CCN(Cc2ncon2)c2ccccc21. The maximum atomic E-state index is 9.93. The van der Waals surface area contributed by atoms with Gasteiger partial charge in [-0.15, -0.1) is 0 Å². The molecule has 2 aromatic rings. The van der Waals surface area contributed by atoms with Gasteiger partial charge in [0.15, 0.2) is 5.82 Å². The molecule has 88 valence electrons. The van der Waals surface area contributed by atoms with Gasteiger partial charge < -0.3 is 14.5 Å². The molecule has 1 N–H and O–H groups in total. The van der Waals surface area contributed by atoms with E-state index in [4.69, 9.17) is 4.52 Å². The van der Waals surface area contributed by atoms with Crippen molar-refractivity contribution in [2.24, 2.45) is 0 Å². The molecule has 1 aliphatic rings. The van der Waals surface area contributed by atoms with E-state index >= 15 is 0 Å². The summed E-state index contributed by atoms with van der Waals surface area (Å²) in [5.41, 5.74) is 2.03. The fourth-order valence-corrected chi connectivity index (χ4v) is 2.21. The van der Waals surface area contributed by atoms with Crippen LogP contribution in [0.15, 0.2) is 35.2 Å². The van der Waals surface area contributed by atoms with Crippen LogP contribution >= 0.6 is 0 Å². The number of anilines is 1. The van der Waals surface area contributed by atoms with Crippen molar-refractivity contribution in [1.82, 2.24) is 10.1 Å². The van der Waals surface area contributed by atoms with Crippen molar-refractivity contribution in [3.8, 4) is 0 Å². The van der Waals surface area contributed by atoms with Gasteiger partial charge in [-0.05, 0) is 12.5 Å². The average Bonchev–Trinajstić information content (AvgIpc) is 2.86. The third-order valence-electron chi connectivity index (χ3n) is 3.05. The highest BCUT2D eigenvalue weighted by Gasteiger charge is 2.23. The maximum absolute atomic E-state index is 9.93. The lowest BCUT2D eigenvalue weighted by molar-refractivity contribution is 0.164. The van der Waals surface area contributed by atoms with E-state index in [1.54, 1.807) is 0 Å². The van der Waals surface area contributed by atoms with Crippen molar-refractivity contribution in [2.75, 3.05) is 11.4 Å². The van der Waals surface area contributed by atoms with Crippen LogP contribution in [0.4, 0.5) is 5.69 Å². The lowest BCUT2D eigenvalue weighted by Gasteiger charge is -2.32. The smallest absolute Gasteiger partial charge is 0.213 e. The van der Waals surface area contributed by atoms with Gasteiger partial charge in [-0.1, -0.05) is 23.4 Å². The number of aromatic nitrogens is 2. The molecule has 3 rings (SSSR count). The van der Waals surface area contributed by atoms with Gasteiger partial charge in [-0.3, -0.25) is 0 Å². The number of nitrogens with zero attached hydrogens (tertiary/aromatic N) is 3. The van der Waals surface area contributed by atoms with Crippen LogP contribution in [0.2, 0.25) is 0 Å². The predicted molar refractivity (Wildman–Crippen MR) is 61.4 cm³/mol. The van der Waals surface area contributed by atoms with Gasteiger partial charge in [-0.2, -0.15) is 4.98 Å². The van der Waals surface area contributed by atoms with Gasteiger partial charge in [0, 0.05) is 17.8 Å². The van der Waals surface area contributed by atoms with Gasteiger partial charge in [0.2, 0.25) is 6.39 Å². The first-order valence-corrected chi connectivity index (χ1v) is 5.62. The van der Waals surface area contributed by atoms with Gasteiger partial charge in [0.25, 0.3) is 0 Å². The number of hydrogen-bond acceptors (Lipinski definition) is 5. The second-order valence-corrected chi connectivity index (χ2v) is 4.13. The number of benzene rings is 1. The Labute approximate surface area is 98.7 Å². The zero-order valence-corrected chi connectivity index (χ0v) is 9.28. The minimum atomic E-state index is -0.368. The molecule has 0 amide bonds. The fraction of sp³-hybridized carbons (Fsp3) is 0.333. The van der Waals surface area contributed by atoms with Crippen LogP contribution in [0.3, 0.4) is 0 Å². The summed E-state index contributed by atoms with van der Waals surface area (Å²) in [7, 11) is 0. The Balaban J connectivity index is 1.90. The second kappa shape index (κ2) is 4.18. The molecule has 0 radical (unpaired) electrons. The molecule has 2 heterocycles. The van der Waals surface area contributed by atoms with Gasteiger partial charge in [0.05, 0.1) is 12.6 Å². The summed E-state index contributed by atoms with van der Waals surface area (Å²) in [4.78, 5) is 6.18. The van der Waals surface area contributed by atoms with E-state index < -0.39 is 0 Å². The molecule has 0 saturated heterocycles. The van der Waals surface area contributed by atoms with Crippen LogP contribution in [0.25, 0.3) is 0 Å². The van der Waals surface area contributed by atoms with E-state index in [2.05, 4.69) is 15.0 Å². The highest BCUT2D eigenvalue weighted by Crippen LogP contribution is 2.33. The third kappa shape index (κ3) is 1.89. The van der Waals surface area contributed by atoms with E-state index in [0.29, 0.717) is 12.4 Å². The van der Waals surface area contributed by atoms with Gasteiger partial charge in [-0.25, -0.2) is 0 Å². The predicted octanol–water partition coefficient (Wildman–Crippen LogP) is 1.51. The molecule has 1 aromatic heterocycles. The van der Waals surface area contributed by atoms with Crippen molar-refractivity contribution in [3.05, 3.63) is 42.0 Å². The van der Waals surface area contributed by atoms with E-state index in [1.165, 1.54) is 6.39 Å². The molecule has 5 heteroatoms. The molecule has 0 aliphatic carbocycles.